The van der Waals surface area contributed by atoms with Gasteiger partial charge in [0.2, 0.25) is 0 Å². The van der Waals surface area contributed by atoms with E-state index in [4.69, 9.17) is 0 Å². The number of benzene rings is 1. The van der Waals surface area contributed by atoms with Crippen LogP contribution in [0.2, 0.25) is 0 Å². The second-order valence-electron chi connectivity index (χ2n) is 4.58. The second-order valence-corrected chi connectivity index (χ2v) is 4.58. The molecule has 0 unspecified atom stereocenters. The van der Waals surface area contributed by atoms with E-state index in [-0.39, 0.29) is 0 Å². The summed E-state index contributed by atoms with van der Waals surface area (Å²) in [5, 5.41) is 1.01. The highest BCUT2D eigenvalue weighted by molar-refractivity contribution is 5.97. The van der Waals surface area contributed by atoms with Crippen molar-refractivity contribution in [3.63, 3.8) is 0 Å². The predicted octanol–water partition coefficient (Wildman–Crippen LogP) is 2.66. The molecule has 0 aliphatic rings. The highest BCUT2D eigenvalue weighted by Gasteiger charge is 2.07. The molecule has 4 nitrogen and oxygen atoms in total. The van der Waals surface area contributed by atoms with Crippen LogP contribution in [-0.4, -0.2) is 20.4 Å². The van der Waals surface area contributed by atoms with Gasteiger partial charge in [-0.3, -0.25) is 4.79 Å². The van der Waals surface area contributed by atoms with E-state index in [0.29, 0.717) is 0 Å². The van der Waals surface area contributed by atoms with Gasteiger partial charge in [-0.05, 0) is 13.0 Å². The molecule has 0 saturated heterocycles. The molecule has 0 N–H and O–H groups in total. The second kappa shape index (κ2) is 4.72. The summed E-state index contributed by atoms with van der Waals surface area (Å²) in [6, 6.07) is 7.98. The van der Waals surface area contributed by atoms with Gasteiger partial charge in [0.25, 0.3) is 0 Å². The number of hydrogen-bond donors (Lipinski definition) is 0. The number of imidazole rings is 1. The summed E-state index contributed by atoms with van der Waals surface area (Å²) in [5.74, 6) is 1.01. The van der Waals surface area contributed by atoms with Crippen LogP contribution in [0.4, 0.5) is 0 Å². The maximum atomic E-state index is 11.1. The molecule has 3 rings (SSSR count). The van der Waals surface area contributed by atoms with Gasteiger partial charge in [-0.1, -0.05) is 18.2 Å². The number of nitrogens with zero attached hydrogens (tertiary/aromatic N) is 3. The van der Waals surface area contributed by atoms with E-state index in [2.05, 4.69) is 14.1 Å². The van der Waals surface area contributed by atoms with Crippen molar-refractivity contribution in [2.24, 2.45) is 0 Å². The van der Waals surface area contributed by atoms with Crippen molar-refractivity contribution in [2.45, 2.75) is 20.0 Å². The van der Waals surface area contributed by atoms with Crippen LogP contribution in [0.15, 0.2) is 42.9 Å². The summed E-state index contributed by atoms with van der Waals surface area (Å²) in [7, 11) is 0. The first-order valence-corrected chi connectivity index (χ1v) is 6.30. The van der Waals surface area contributed by atoms with Crippen molar-refractivity contribution >= 4 is 17.2 Å². The van der Waals surface area contributed by atoms with Gasteiger partial charge < -0.3 is 9.13 Å². The van der Waals surface area contributed by atoms with Crippen LogP contribution in [0.1, 0.15) is 16.2 Å². The third-order valence-electron chi connectivity index (χ3n) is 3.45. The SMILES string of the molecule is Cc1nccn1CCn1cc(C=O)c2ccccc21. The molecule has 0 radical (unpaired) electrons. The van der Waals surface area contributed by atoms with Crippen molar-refractivity contribution in [1.29, 1.82) is 0 Å². The summed E-state index contributed by atoms with van der Waals surface area (Å²) < 4.78 is 4.23. The number of fused-ring (bicyclic) bond motifs is 1. The molecule has 4 heteroatoms. The van der Waals surface area contributed by atoms with E-state index in [9.17, 15) is 4.79 Å². The Labute approximate surface area is 111 Å². The number of aldehydes is 1. The average Bonchev–Trinajstić information content (AvgIpc) is 3.00. The smallest absolute Gasteiger partial charge is 0.152 e. The fourth-order valence-electron chi connectivity index (χ4n) is 2.41. The lowest BCUT2D eigenvalue weighted by molar-refractivity contribution is 0.112. The molecule has 0 aliphatic heterocycles. The zero-order chi connectivity index (χ0) is 13.2. The van der Waals surface area contributed by atoms with E-state index in [1.54, 1.807) is 6.20 Å². The van der Waals surface area contributed by atoms with Crippen LogP contribution in [0, 0.1) is 6.92 Å². The standard InChI is InChI=1S/C15H15N3O/c1-12-16-6-7-17(12)8-9-18-10-13(11-19)14-4-2-3-5-15(14)18/h2-7,10-11H,8-9H2,1H3. The lowest BCUT2D eigenvalue weighted by Gasteiger charge is -2.07. The fraction of sp³-hybridized carbons (Fsp3) is 0.200. The molecule has 0 fully saturated rings. The molecule has 1 aromatic carbocycles. The molecule has 0 atom stereocenters. The van der Waals surface area contributed by atoms with E-state index < -0.39 is 0 Å². The topological polar surface area (TPSA) is 39.8 Å². The Morgan fingerprint density at radius 2 is 2.00 bits per heavy atom. The number of hydrogen-bond acceptors (Lipinski definition) is 2. The van der Waals surface area contributed by atoms with E-state index >= 15 is 0 Å². The monoisotopic (exact) mass is 253 g/mol. The van der Waals surface area contributed by atoms with Gasteiger partial charge >= 0.3 is 0 Å². The third kappa shape index (κ3) is 2.05. The zero-order valence-corrected chi connectivity index (χ0v) is 10.8. The quantitative estimate of drug-likeness (QED) is 0.671. The number of para-hydroxylation sites is 1. The zero-order valence-electron chi connectivity index (χ0n) is 10.8. The normalized spacial score (nSPS) is 11.0. The summed E-state index contributed by atoms with van der Waals surface area (Å²) in [4.78, 5) is 15.3. The fourth-order valence-corrected chi connectivity index (χ4v) is 2.41. The Bertz CT molecular complexity index is 724. The molecule has 0 saturated carbocycles. The summed E-state index contributed by atoms with van der Waals surface area (Å²) in [5.41, 5.74) is 1.85. The molecule has 96 valence electrons. The van der Waals surface area contributed by atoms with E-state index in [1.165, 1.54) is 0 Å². The minimum atomic E-state index is 0.748. The summed E-state index contributed by atoms with van der Waals surface area (Å²) >= 11 is 0. The van der Waals surface area contributed by atoms with Crippen LogP contribution < -0.4 is 0 Å². The average molecular weight is 253 g/mol. The van der Waals surface area contributed by atoms with Crippen LogP contribution in [0.25, 0.3) is 10.9 Å². The number of carbonyl (C=O) groups excluding carboxylic acids is 1. The Hall–Kier alpha value is -2.36. The molecule has 2 heterocycles. The highest BCUT2D eigenvalue weighted by atomic mass is 16.1. The molecule has 0 aliphatic carbocycles. The number of aryl methyl sites for hydroxylation is 3. The van der Waals surface area contributed by atoms with Crippen molar-refractivity contribution in [1.82, 2.24) is 14.1 Å². The lowest BCUT2D eigenvalue weighted by atomic mass is 10.2. The van der Waals surface area contributed by atoms with Gasteiger partial charge in [0.05, 0.1) is 0 Å². The first-order chi connectivity index (χ1) is 9.29. The molecular formula is C15H15N3O. The van der Waals surface area contributed by atoms with Gasteiger partial charge in [0.15, 0.2) is 6.29 Å². The first-order valence-electron chi connectivity index (χ1n) is 6.30. The van der Waals surface area contributed by atoms with Crippen molar-refractivity contribution in [2.75, 3.05) is 0 Å². The molecule has 0 spiro atoms. The van der Waals surface area contributed by atoms with Gasteiger partial charge in [-0.25, -0.2) is 4.98 Å². The summed E-state index contributed by atoms with van der Waals surface area (Å²) in [6.07, 6.45) is 6.62. The van der Waals surface area contributed by atoms with E-state index in [1.807, 2.05) is 43.6 Å². The highest BCUT2D eigenvalue weighted by Crippen LogP contribution is 2.19. The van der Waals surface area contributed by atoms with Crippen LogP contribution in [-0.2, 0) is 13.1 Å². The van der Waals surface area contributed by atoms with E-state index in [0.717, 1.165) is 41.7 Å². The molecule has 3 aromatic rings. The minimum Gasteiger partial charge on any atom is -0.345 e. The molecule has 2 aromatic heterocycles. The Morgan fingerprint density at radius 1 is 1.21 bits per heavy atom. The molecule has 19 heavy (non-hydrogen) atoms. The Balaban J connectivity index is 1.93. The van der Waals surface area contributed by atoms with Crippen molar-refractivity contribution in [3.8, 4) is 0 Å². The molecule has 0 bridgehead atoms. The van der Waals surface area contributed by atoms with Crippen molar-refractivity contribution < 1.29 is 4.79 Å². The third-order valence-corrected chi connectivity index (χ3v) is 3.45. The van der Waals surface area contributed by atoms with Gasteiger partial charge in [0.1, 0.15) is 5.82 Å². The summed E-state index contributed by atoms with van der Waals surface area (Å²) in [6.45, 7) is 3.67. The number of aromatic nitrogens is 3. The maximum Gasteiger partial charge on any atom is 0.152 e. The molecular weight excluding hydrogens is 238 g/mol. The van der Waals surface area contributed by atoms with Crippen LogP contribution in [0.3, 0.4) is 0 Å². The van der Waals surface area contributed by atoms with Crippen molar-refractivity contribution in [3.05, 3.63) is 54.2 Å². The lowest BCUT2D eigenvalue weighted by Crippen LogP contribution is -2.07. The number of carbonyl (C=O) groups is 1. The first kappa shape index (κ1) is 11.7. The van der Waals surface area contributed by atoms with Gasteiger partial charge in [0, 0.05) is 48.1 Å². The van der Waals surface area contributed by atoms with Crippen LogP contribution in [0.5, 0.6) is 0 Å². The van der Waals surface area contributed by atoms with Gasteiger partial charge in [-0.2, -0.15) is 0 Å². The largest absolute Gasteiger partial charge is 0.345 e. The van der Waals surface area contributed by atoms with Crippen LogP contribution >= 0.6 is 0 Å². The Morgan fingerprint density at radius 3 is 2.74 bits per heavy atom. The van der Waals surface area contributed by atoms with Gasteiger partial charge in [-0.15, -0.1) is 0 Å². The Kier molecular flexibility index (Phi) is 2.91. The number of rotatable bonds is 4. The molecule has 0 amide bonds. The minimum absolute atomic E-state index is 0.748. The predicted molar refractivity (Wildman–Crippen MR) is 74.3 cm³/mol. The maximum absolute atomic E-state index is 11.1.